The molecule has 0 amide bonds. The van der Waals surface area contributed by atoms with Crippen LogP contribution in [0.15, 0.2) is 35.3 Å². The van der Waals surface area contributed by atoms with Gasteiger partial charge < -0.3 is 4.90 Å². The second kappa shape index (κ2) is 5.98. The van der Waals surface area contributed by atoms with Crippen molar-refractivity contribution < 1.29 is 8.42 Å². The van der Waals surface area contributed by atoms with Crippen LogP contribution < -0.4 is 0 Å². The minimum atomic E-state index is -3.07. The molecule has 1 aromatic rings. The van der Waals surface area contributed by atoms with E-state index in [0.717, 1.165) is 24.0 Å². The number of nitrogens with zero attached hydrogens (tertiary/aromatic N) is 3. The van der Waals surface area contributed by atoms with E-state index in [1.54, 1.807) is 16.1 Å². The summed E-state index contributed by atoms with van der Waals surface area (Å²) in [5.41, 5.74) is 1.25. The third kappa shape index (κ3) is 3.41. The van der Waals surface area contributed by atoms with Crippen LogP contribution in [0.2, 0.25) is 0 Å². The molecule has 2 aliphatic rings. The number of hydrogen-bond acceptors (Lipinski definition) is 5. The molecule has 5 nitrogen and oxygen atoms in total. The average Bonchev–Trinajstić information content (AvgIpc) is 2.97. The molecule has 1 aromatic carbocycles. The quantitative estimate of drug-likeness (QED) is 0.825. The summed E-state index contributed by atoms with van der Waals surface area (Å²) in [7, 11) is -3.07. The van der Waals surface area contributed by atoms with Gasteiger partial charge in [0.05, 0.1) is 12.3 Å². The van der Waals surface area contributed by atoms with E-state index in [0.29, 0.717) is 13.1 Å². The number of hydrogen-bond donors (Lipinski definition) is 0. The first-order chi connectivity index (χ1) is 10.0. The SMILES string of the molecule is CS(=O)(=O)N1CCN(C2=NC(c3ccccc3)CS2)CC1. The third-order valence-corrected chi connectivity index (χ3v) is 6.21. The largest absolute Gasteiger partial charge is 0.349 e. The molecule has 0 spiro atoms. The van der Waals surface area contributed by atoms with E-state index >= 15 is 0 Å². The fourth-order valence-electron chi connectivity index (χ4n) is 2.59. The van der Waals surface area contributed by atoms with Crippen molar-refractivity contribution in [1.29, 1.82) is 0 Å². The van der Waals surface area contributed by atoms with Crippen LogP contribution in [-0.4, -0.2) is 61.0 Å². The average molecular weight is 325 g/mol. The normalized spacial score (nSPS) is 24.1. The van der Waals surface area contributed by atoms with Crippen molar-refractivity contribution in [2.75, 3.05) is 38.2 Å². The molecule has 114 valence electrons. The van der Waals surface area contributed by atoms with Gasteiger partial charge in [0, 0.05) is 31.9 Å². The number of piperazine rings is 1. The van der Waals surface area contributed by atoms with Gasteiger partial charge in [-0.25, -0.2) is 8.42 Å². The van der Waals surface area contributed by atoms with Crippen LogP contribution in [0, 0.1) is 0 Å². The predicted molar refractivity (Wildman–Crippen MR) is 87.1 cm³/mol. The summed E-state index contributed by atoms with van der Waals surface area (Å²) >= 11 is 1.77. The number of rotatable bonds is 2. The van der Waals surface area contributed by atoms with Crippen LogP contribution in [0.5, 0.6) is 0 Å². The van der Waals surface area contributed by atoms with Gasteiger partial charge in [0.2, 0.25) is 10.0 Å². The highest BCUT2D eigenvalue weighted by Crippen LogP contribution is 2.31. The van der Waals surface area contributed by atoms with Crippen molar-refractivity contribution >= 4 is 27.0 Å². The van der Waals surface area contributed by atoms with Crippen molar-refractivity contribution in [2.24, 2.45) is 4.99 Å². The van der Waals surface area contributed by atoms with Gasteiger partial charge in [-0.05, 0) is 5.56 Å². The summed E-state index contributed by atoms with van der Waals surface area (Å²) in [5.74, 6) is 0.964. The van der Waals surface area contributed by atoms with Crippen molar-refractivity contribution in [3.8, 4) is 0 Å². The summed E-state index contributed by atoms with van der Waals surface area (Å²) < 4.78 is 24.6. The highest BCUT2D eigenvalue weighted by molar-refractivity contribution is 8.14. The summed E-state index contributed by atoms with van der Waals surface area (Å²) in [4.78, 5) is 7.01. The Balaban J connectivity index is 1.64. The van der Waals surface area contributed by atoms with Crippen LogP contribution in [0.3, 0.4) is 0 Å². The number of sulfonamides is 1. The molecule has 3 rings (SSSR count). The van der Waals surface area contributed by atoms with Gasteiger partial charge in [0.25, 0.3) is 0 Å². The Labute approximate surface area is 130 Å². The van der Waals surface area contributed by atoms with E-state index in [-0.39, 0.29) is 6.04 Å². The molecule has 21 heavy (non-hydrogen) atoms. The molecule has 2 aliphatic heterocycles. The zero-order chi connectivity index (χ0) is 14.9. The number of thioether (sulfide) groups is 1. The Hall–Kier alpha value is -1.05. The molecule has 1 atom stereocenters. The standard InChI is InChI=1S/C14H19N3O2S2/c1-21(18,19)17-9-7-16(8-10-17)14-15-13(11-20-14)12-5-3-2-4-6-12/h2-6,13H,7-11H2,1H3. The lowest BCUT2D eigenvalue weighted by molar-refractivity contribution is 0.270. The topological polar surface area (TPSA) is 53.0 Å². The van der Waals surface area contributed by atoms with Crippen molar-refractivity contribution in [2.45, 2.75) is 6.04 Å². The van der Waals surface area contributed by atoms with E-state index in [4.69, 9.17) is 4.99 Å². The van der Waals surface area contributed by atoms with Crippen LogP contribution in [0.1, 0.15) is 11.6 Å². The van der Waals surface area contributed by atoms with E-state index < -0.39 is 10.0 Å². The summed E-state index contributed by atoms with van der Waals surface area (Å²) in [6.45, 7) is 2.55. The van der Waals surface area contributed by atoms with Crippen LogP contribution >= 0.6 is 11.8 Å². The molecule has 2 heterocycles. The molecule has 1 unspecified atom stereocenters. The maximum atomic E-state index is 11.5. The second-order valence-corrected chi connectivity index (χ2v) is 8.27. The van der Waals surface area contributed by atoms with E-state index in [9.17, 15) is 8.42 Å². The maximum Gasteiger partial charge on any atom is 0.211 e. The Kier molecular flexibility index (Phi) is 4.24. The van der Waals surface area contributed by atoms with Gasteiger partial charge >= 0.3 is 0 Å². The molecule has 0 aromatic heterocycles. The minimum Gasteiger partial charge on any atom is -0.349 e. The van der Waals surface area contributed by atoms with Gasteiger partial charge in [-0.15, -0.1) is 0 Å². The molecule has 0 bridgehead atoms. The zero-order valence-electron chi connectivity index (χ0n) is 12.0. The molecule has 7 heteroatoms. The zero-order valence-corrected chi connectivity index (χ0v) is 13.6. The molecular weight excluding hydrogens is 306 g/mol. The Morgan fingerprint density at radius 2 is 1.81 bits per heavy atom. The highest BCUT2D eigenvalue weighted by atomic mass is 32.2. The lowest BCUT2D eigenvalue weighted by Crippen LogP contribution is -2.49. The van der Waals surface area contributed by atoms with Crippen LogP contribution in [0.25, 0.3) is 0 Å². The fraction of sp³-hybridized carbons (Fsp3) is 0.500. The van der Waals surface area contributed by atoms with Gasteiger partial charge in [-0.2, -0.15) is 4.31 Å². The molecule has 0 N–H and O–H groups in total. The third-order valence-electron chi connectivity index (χ3n) is 3.80. The smallest absolute Gasteiger partial charge is 0.211 e. The molecular formula is C14H19N3O2S2. The fourth-order valence-corrected chi connectivity index (χ4v) is 4.56. The molecule has 0 aliphatic carbocycles. The van der Waals surface area contributed by atoms with Crippen molar-refractivity contribution in [3.63, 3.8) is 0 Å². The van der Waals surface area contributed by atoms with E-state index in [1.807, 2.05) is 18.2 Å². The first-order valence-corrected chi connectivity index (χ1v) is 9.83. The van der Waals surface area contributed by atoms with Crippen molar-refractivity contribution in [3.05, 3.63) is 35.9 Å². The number of amidine groups is 1. The molecule has 1 fully saturated rings. The Morgan fingerprint density at radius 3 is 2.43 bits per heavy atom. The van der Waals surface area contributed by atoms with Gasteiger partial charge in [0.1, 0.15) is 0 Å². The Bertz CT molecular complexity index is 623. The second-order valence-electron chi connectivity index (χ2n) is 5.30. The monoisotopic (exact) mass is 325 g/mol. The summed E-state index contributed by atoms with van der Waals surface area (Å²) in [5, 5.41) is 1.05. The number of benzene rings is 1. The summed E-state index contributed by atoms with van der Waals surface area (Å²) in [6, 6.07) is 10.5. The van der Waals surface area contributed by atoms with Crippen LogP contribution in [-0.2, 0) is 10.0 Å². The highest BCUT2D eigenvalue weighted by Gasteiger charge is 2.28. The first kappa shape index (κ1) is 14.9. The first-order valence-electron chi connectivity index (χ1n) is 6.99. The lowest BCUT2D eigenvalue weighted by atomic mass is 10.1. The lowest BCUT2D eigenvalue weighted by Gasteiger charge is -2.34. The Morgan fingerprint density at radius 1 is 1.14 bits per heavy atom. The van der Waals surface area contributed by atoms with Gasteiger partial charge in [-0.1, -0.05) is 42.1 Å². The van der Waals surface area contributed by atoms with Gasteiger partial charge in [0.15, 0.2) is 5.17 Å². The van der Waals surface area contributed by atoms with E-state index in [1.165, 1.54) is 11.8 Å². The molecule has 1 saturated heterocycles. The van der Waals surface area contributed by atoms with Gasteiger partial charge in [-0.3, -0.25) is 4.99 Å². The predicted octanol–water partition coefficient (Wildman–Crippen LogP) is 1.41. The maximum absolute atomic E-state index is 11.5. The van der Waals surface area contributed by atoms with Crippen LogP contribution in [0.4, 0.5) is 0 Å². The molecule has 0 radical (unpaired) electrons. The van der Waals surface area contributed by atoms with Crippen molar-refractivity contribution in [1.82, 2.24) is 9.21 Å². The number of aliphatic imine (C=N–C) groups is 1. The molecule has 0 saturated carbocycles. The summed E-state index contributed by atoms with van der Waals surface area (Å²) in [6.07, 6.45) is 1.27. The minimum absolute atomic E-state index is 0.221. The van der Waals surface area contributed by atoms with E-state index in [2.05, 4.69) is 17.0 Å².